The smallest absolute Gasteiger partial charge is 0.148 e. The van der Waals surface area contributed by atoms with Crippen LogP contribution >= 0.6 is 0 Å². The van der Waals surface area contributed by atoms with Gasteiger partial charge in [-0.3, -0.25) is 4.98 Å². The molecule has 5 heteroatoms. The number of rotatable bonds is 6. The summed E-state index contributed by atoms with van der Waals surface area (Å²) in [7, 11) is 4.14. The first-order chi connectivity index (χ1) is 9.25. The molecule has 2 heterocycles. The molecule has 0 aliphatic rings. The van der Waals surface area contributed by atoms with Crippen LogP contribution in [0.1, 0.15) is 6.42 Å². The maximum absolute atomic E-state index is 4.25. The molecule has 100 valence electrons. The van der Waals surface area contributed by atoms with Crippen LogP contribution in [0.5, 0.6) is 0 Å². The summed E-state index contributed by atoms with van der Waals surface area (Å²) in [6, 6.07) is 9.62. The average molecular weight is 257 g/mol. The Hall–Kier alpha value is -2.01. The Morgan fingerprint density at radius 3 is 2.58 bits per heavy atom. The van der Waals surface area contributed by atoms with E-state index < -0.39 is 0 Å². The lowest BCUT2D eigenvalue weighted by Crippen LogP contribution is -2.16. The van der Waals surface area contributed by atoms with E-state index in [1.807, 2.05) is 30.3 Å². The normalized spacial score (nSPS) is 10.7. The fourth-order valence-electron chi connectivity index (χ4n) is 1.69. The number of hydrogen-bond acceptors (Lipinski definition) is 5. The van der Waals surface area contributed by atoms with Gasteiger partial charge in [0.2, 0.25) is 0 Å². The Kier molecular flexibility index (Phi) is 4.80. The Balaban J connectivity index is 1.88. The first-order valence-electron chi connectivity index (χ1n) is 6.39. The monoisotopic (exact) mass is 257 g/mol. The zero-order valence-corrected chi connectivity index (χ0v) is 11.4. The van der Waals surface area contributed by atoms with Gasteiger partial charge in [-0.15, -0.1) is 10.2 Å². The van der Waals surface area contributed by atoms with E-state index >= 15 is 0 Å². The SMILES string of the molecule is CN(C)CCCNc1ccc(-c2ccccn2)nn1. The number of nitrogens with one attached hydrogen (secondary N) is 1. The maximum atomic E-state index is 4.25. The lowest BCUT2D eigenvalue weighted by molar-refractivity contribution is 0.405. The van der Waals surface area contributed by atoms with Gasteiger partial charge in [0.1, 0.15) is 11.5 Å². The van der Waals surface area contributed by atoms with Crippen molar-refractivity contribution in [2.24, 2.45) is 0 Å². The third kappa shape index (κ3) is 4.30. The van der Waals surface area contributed by atoms with Crippen molar-refractivity contribution in [3.8, 4) is 11.4 Å². The predicted octanol–water partition coefficient (Wildman–Crippen LogP) is 1.90. The second kappa shape index (κ2) is 6.80. The second-order valence-corrected chi connectivity index (χ2v) is 4.60. The van der Waals surface area contributed by atoms with Crippen molar-refractivity contribution in [3.05, 3.63) is 36.5 Å². The lowest BCUT2D eigenvalue weighted by Gasteiger charge is -2.09. The van der Waals surface area contributed by atoms with Crippen molar-refractivity contribution >= 4 is 5.82 Å². The summed E-state index contributed by atoms with van der Waals surface area (Å²) in [6.45, 7) is 1.96. The lowest BCUT2D eigenvalue weighted by atomic mass is 10.2. The maximum Gasteiger partial charge on any atom is 0.148 e. The predicted molar refractivity (Wildman–Crippen MR) is 76.9 cm³/mol. The number of anilines is 1. The molecule has 0 unspecified atom stereocenters. The molecular formula is C14H19N5. The summed E-state index contributed by atoms with van der Waals surface area (Å²) in [5.74, 6) is 0.804. The van der Waals surface area contributed by atoms with E-state index in [-0.39, 0.29) is 0 Å². The fourth-order valence-corrected chi connectivity index (χ4v) is 1.69. The van der Waals surface area contributed by atoms with Gasteiger partial charge >= 0.3 is 0 Å². The molecule has 0 aliphatic heterocycles. The Morgan fingerprint density at radius 1 is 1.05 bits per heavy atom. The largest absolute Gasteiger partial charge is 0.369 e. The van der Waals surface area contributed by atoms with E-state index in [9.17, 15) is 0 Å². The van der Waals surface area contributed by atoms with Crippen molar-refractivity contribution in [2.75, 3.05) is 32.5 Å². The molecule has 0 spiro atoms. The van der Waals surface area contributed by atoms with E-state index in [0.29, 0.717) is 0 Å². The minimum absolute atomic E-state index is 0.791. The number of pyridine rings is 1. The summed E-state index contributed by atoms with van der Waals surface area (Å²) in [6.07, 6.45) is 2.83. The van der Waals surface area contributed by atoms with Crippen LogP contribution in [0.2, 0.25) is 0 Å². The minimum Gasteiger partial charge on any atom is -0.369 e. The van der Waals surface area contributed by atoms with Gasteiger partial charge < -0.3 is 10.2 Å². The van der Waals surface area contributed by atoms with E-state index in [0.717, 1.165) is 36.7 Å². The van der Waals surface area contributed by atoms with Crippen LogP contribution < -0.4 is 5.32 Å². The summed E-state index contributed by atoms with van der Waals surface area (Å²) in [5.41, 5.74) is 1.63. The third-order valence-electron chi connectivity index (χ3n) is 2.68. The third-order valence-corrected chi connectivity index (χ3v) is 2.68. The Bertz CT molecular complexity index is 481. The van der Waals surface area contributed by atoms with Crippen LogP contribution in [0.15, 0.2) is 36.5 Å². The van der Waals surface area contributed by atoms with Gasteiger partial charge in [-0.25, -0.2) is 0 Å². The molecule has 2 aromatic rings. The standard InChI is InChI=1S/C14H19N5/c1-19(2)11-5-10-16-14-8-7-13(17-18-14)12-6-3-4-9-15-12/h3-4,6-9H,5,10-11H2,1-2H3,(H,16,18). The van der Waals surface area contributed by atoms with E-state index in [1.54, 1.807) is 6.20 Å². The summed E-state index contributed by atoms with van der Waals surface area (Å²) < 4.78 is 0. The molecule has 0 saturated heterocycles. The topological polar surface area (TPSA) is 53.9 Å². The van der Waals surface area contributed by atoms with Gasteiger partial charge in [0, 0.05) is 12.7 Å². The molecule has 0 amide bonds. The fraction of sp³-hybridized carbons (Fsp3) is 0.357. The molecule has 19 heavy (non-hydrogen) atoms. The van der Waals surface area contributed by atoms with E-state index in [2.05, 4.69) is 39.5 Å². The molecular weight excluding hydrogens is 238 g/mol. The highest BCUT2D eigenvalue weighted by molar-refractivity contribution is 5.54. The van der Waals surface area contributed by atoms with Crippen LogP contribution in [-0.4, -0.2) is 47.3 Å². The number of aromatic nitrogens is 3. The van der Waals surface area contributed by atoms with Crippen LogP contribution in [0, 0.1) is 0 Å². The molecule has 0 atom stereocenters. The molecule has 0 saturated carbocycles. The van der Waals surface area contributed by atoms with Crippen LogP contribution in [0.4, 0.5) is 5.82 Å². The molecule has 0 fully saturated rings. The van der Waals surface area contributed by atoms with Gasteiger partial charge in [0.15, 0.2) is 0 Å². The quantitative estimate of drug-likeness (QED) is 0.801. The highest BCUT2D eigenvalue weighted by atomic mass is 15.2. The molecule has 0 radical (unpaired) electrons. The minimum atomic E-state index is 0.791. The molecule has 2 rings (SSSR count). The van der Waals surface area contributed by atoms with Crippen molar-refractivity contribution in [3.63, 3.8) is 0 Å². The van der Waals surface area contributed by atoms with Gasteiger partial charge in [-0.2, -0.15) is 0 Å². The Morgan fingerprint density at radius 2 is 1.95 bits per heavy atom. The van der Waals surface area contributed by atoms with Gasteiger partial charge in [0.25, 0.3) is 0 Å². The zero-order valence-electron chi connectivity index (χ0n) is 11.4. The molecule has 0 aromatic carbocycles. The van der Waals surface area contributed by atoms with Crippen LogP contribution in [-0.2, 0) is 0 Å². The van der Waals surface area contributed by atoms with Crippen molar-refractivity contribution in [2.45, 2.75) is 6.42 Å². The zero-order chi connectivity index (χ0) is 13.5. The second-order valence-electron chi connectivity index (χ2n) is 4.60. The van der Waals surface area contributed by atoms with E-state index in [4.69, 9.17) is 0 Å². The molecule has 5 nitrogen and oxygen atoms in total. The van der Waals surface area contributed by atoms with Crippen molar-refractivity contribution in [1.29, 1.82) is 0 Å². The van der Waals surface area contributed by atoms with Gasteiger partial charge in [-0.05, 0) is 51.3 Å². The summed E-state index contributed by atoms with van der Waals surface area (Å²) >= 11 is 0. The van der Waals surface area contributed by atoms with Gasteiger partial charge in [-0.1, -0.05) is 6.07 Å². The highest BCUT2D eigenvalue weighted by Crippen LogP contribution is 2.13. The van der Waals surface area contributed by atoms with Crippen molar-refractivity contribution in [1.82, 2.24) is 20.1 Å². The highest BCUT2D eigenvalue weighted by Gasteiger charge is 2.01. The number of hydrogen-bond donors (Lipinski definition) is 1. The average Bonchev–Trinajstić information content (AvgIpc) is 2.45. The number of nitrogens with zero attached hydrogens (tertiary/aromatic N) is 4. The van der Waals surface area contributed by atoms with Crippen LogP contribution in [0.25, 0.3) is 11.4 Å². The Labute approximate surface area is 113 Å². The van der Waals surface area contributed by atoms with Crippen LogP contribution in [0.3, 0.4) is 0 Å². The van der Waals surface area contributed by atoms with Crippen molar-refractivity contribution < 1.29 is 0 Å². The molecule has 1 N–H and O–H groups in total. The molecule has 0 aliphatic carbocycles. The van der Waals surface area contributed by atoms with E-state index in [1.165, 1.54) is 0 Å². The molecule has 0 bridgehead atoms. The summed E-state index contributed by atoms with van der Waals surface area (Å²) in [5, 5.41) is 11.6. The summed E-state index contributed by atoms with van der Waals surface area (Å²) in [4.78, 5) is 6.41. The van der Waals surface area contributed by atoms with Gasteiger partial charge in [0.05, 0.1) is 5.69 Å². The first-order valence-corrected chi connectivity index (χ1v) is 6.39. The first kappa shape index (κ1) is 13.4. The molecule has 2 aromatic heterocycles.